The van der Waals surface area contributed by atoms with Crippen LogP contribution in [0.3, 0.4) is 0 Å². The van der Waals surface area contributed by atoms with E-state index in [1.807, 2.05) is 0 Å². The second kappa shape index (κ2) is 19.0. The Morgan fingerprint density at radius 2 is 0.762 bits per heavy atom. The van der Waals surface area contributed by atoms with Crippen molar-refractivity contribution in [1.29, 1.82) is 0 Å². The summed E-state index contributed by atoms with van der Waals surface area (Å²) >= 11 is 0. The highest BCUT2D eigenvalue weighted by atomic mass is 15.1. The van der Waals surface area contributed by atoms with Crippen LogP contribution in [0.4, 0.5) is 17.1 Å². The number of rotatable bonds is 10. The van der Waals surface area contributed by atoms with Crippen LogP contribution in [-0.2, 0) is 10.8 Å². The summed E-state index contributed by atoms with van der Waals surface area (Å²) in [5.74, 6) is 0. The summed E-state index contributed by atoms with van der Waals surface area (Å²) in [5.41, 5.74) is 23.3. The van der Waals surface area contributed by atoms with Gasteiger partial charge in [-0.25, -0.2) is 0 Å². The van der Waals surface area contributed by atoms with Crippen molar-refractivity contribution in [1.82, 2.24) is 0 Å². The molecule has 12 aromatic carbocycles. The SMILES string of the molecule is CC1(C2(c3ccccc3)c3ccccc3-c3ccc(N(c4ccc(-c5ccc(-c6cccc(-c7ccc8ccccc8c7)c6)cc5)cc4)c4ccc5c(c4)C(c4ccccc4)(c4ccccc4)c4ccccc4-5)cc32)C=CC=CC1. The van der Waals surface area contributed by atoms with Crippen molar-refractivity contribution in [3.05, 3.63) is 354 Å². The standard InChI is InChI=1S/C79H57N/c1-77(49-18-5-19-50-77)79(65-29-10-4-11-30-65)74-34-17-15-32-70(74)72-48-46-68(54-76(72)79)80(67-45-47-71-69-31-14-16-33-73(69)78(75(71)53-67,63-25-6-2-7-26-63)64-27-8-3-9-28-64)66-43-41-57(42-44-66)56-35-37-58(38-36-56)60-23-20-24-61(51-60)62-40-39-55-21-12-13-22-59(55)52-62/h2-49,51-54H,50H2,1H3. The van der Waals surface area contributed by atoms with E-state index in [2.05, 4.69) is 327 Å². The predicted molar refractivity (Wildman–Crippen MR) is 335 cm³/mol. The third-order valence-electron chi connectivity index (χ3n) is 17.9. The zero-order valence-electron chi connectivity index (χ0n) is 44.7. The Morgan fingerprint density at radius 3 is 1.40 bits per heavy atom. The van der Waals surface area contributed by atoms with Gasteiger partial charge in [0.05, 0.1) is 10.8 Å². The zero-order valence-corrected chi connectivity index (χ0v) is 44.7. The van der Waals surface area contributed by atoms with Crippen LogP contribution < -0.4 is 4.90 Å². The van der Waals surface area contributed by atoms with Crippen molar-refractivity contribution in [2.75, 3.05) is 4.90 Å². The van der Waals surface area contributed by atoms with Gasteiger partial charge in [-0.3, -0.25) is 0 Å². The van der Waals surface area contributed by atoms with Crippen molar-refractivity contribution in [2.24, 2.45) is 5.41 Å². The van der Waals surface area contributed by atoms with Gasteiger partial charge in [-0.05, 0) is 160 Å². The van der Waals surface area contributed by atoms with E-state index in [1.54, 1.807) is 0 Å². The summed E-state index contributed by atoms with van der Waals surface area (Å²) in [6, 6.07) is 109. The first-order valence-electron chi connectivity index (χ1n) is 28.1. The predicted octanol–water partition coefficient (Wildman–Crippen LogP) is 20.5. The Labute approximate surface area is 469 Å². The Balaban J connectivity index is 0.890. The Bertz CT molecular complexity index is 4340. The van der Waals surface area contributed by atoms with Crippen LogP contribution in [0.5, 0.6) is 0 Å². The van der Waals surface area contributed by atoms with Gasteiger partial charge in [0.25, 0.3) is 0 Å². The van der Waals surface area contributed by atoms with E-state index < -0.39 is 10.8 Å². The fourth-order valence-electron chi connectivity index (χ4n) is 14.3. The molecule has 378 valence electrons. The molecular formula is C79H57N. The van der Waals surface area contributed by atoms with Crippen LogP contribution in [0.15, 0.2) is 315 Å². The van der Waals surface area contributed by atoms with E-state index in [0.29, 0.717) is 0 Å². The average molecular weight is 1020 g/mol. The summed E-state index contributed by atoms with van der Waals surface area (Å²) in [4.78, 5) is 2.51. The van der Waals surface area contributed by atoms with E-state index in [9.17, 15) is 0 Å². The second-order valence-corrected chi connectivity index (χ2v) is 22.2. The molecule has 1 heteroatoms. The molecule has 0 bridgehead atoms. The molecule has 0 fully saturated rings. The fraction of sp³-hybridized carbons (Fsp3) is 0.0633. The lowest BCUT2D eigenvalue weighted by Crippen LogP contribution is -2.43. The number of hydrogen-bond acceptors (Lipinski definition) is 1. The molecule has 3 aliphatic rings. The van der Waals surface area contributed by atoms with Gasteiger partial charge < -0.3 is 4.90 Å². The lowest BCUT2D eigenvalue weighted by molar-refractivity contribution is 0.293. The highest BCUT2D eigenvalue weighted by molar-refractivity contribution is 5.93. The Hall–Kier alpha value is -9.82. The number of hydrogen-bond donors (Lipinski definition) is 0. The van der Waals surface area contributed by atoms with Crippen LogP contribution in [0.2, 0.25) is 0 Å². The molecule has 0 aromatic heterocycles. The third kappa shape index (κ3) is 7.31. The molecule has 2 unspecified atom stereocenters. The molecule has 1 nitrogen and oxygen atoms in total. The molecular weight excluding hydrogens is 963 g/mol. The van der Waals surface area contributed by atoms with Gasteiger partial charge >= 0.3 is 0 Å². The lowest BCUT2D eigenvalue weighted by atomic mass is 9.54. The van der Waals surface area contributed by atoms with Crippen molar-refractivity contribution < 1.29 is 0 Å². The molecule has 2 atom stereocenters. The fourth-order valence-corrected chi connectivity index (χ4v) is 14.3. The first kappa shape index (κ1) is 47.4. The average Bonchev–Trinajstić information content (AvgIpc) is 4.20. The topological polar surface area (TPSA) is 3.24 Å². The maximum absolute atomic E-state index is 2.53. The summed E-state index contributed by atoms with van der Waals surface area (Å²) < 4.78 is 0. The maximum atomic E-state index is 2.53. The monoisotopic (exact) mass is 1020 g/mol. The van der Waals surface area contributed by atoms with Gasteiger partial charge in [0.2, 0.25) is 0 Å². The molecule has 0 amide bonds. The summed E-state index contributed by atoms with van der Waals surface area (Å²) in [7, 11) is 0. The van der Waals surface area contributed by atoms with Crippen LogP contribution in [0.1, 0.15) is 52.3 Å². The smallest absolute Gasteiger partial charge is 0.0714 e. The number of benzene rings is 12. The highest BCUT2D eigenvalue weighted by Gasteiger charge is 2.55. The minimum absolute atomic E-state index is 0.268. The third-order valence-corrected chi connectivity index (χ3v) is 17.9. The largest absolute Gasteiger partial charge is 0.310 e. The van der Waals surface area contributed by atoms with E-state index in [4.69, 9.17) is 0 Å². The molecule has 80 heavy (non-hydrogen) atoms. The van der Waals surface area contributed by atoms with E-state index in [1.165, 1.54) is 105 Å². The van der Waals surface area contributed by atoms with Crippen LogP contribution in [-0.4, -0.2) is 0 Å². The maximum Gasteiger partial charge on any atom is 0.0714 e. The molecule has 12 aromatic rings. The van der Waals surface area contributed by atoms with Crippen LogP contribution in [0.25, 0.3) is 66.4 Å². The van der Waals surface area contributed by atoms with Crippen LogP contribution >= 0.6 is 0 Å². The normalized spacial score (nSPS) is 17.1. The van der Waals surface area contributed by atoms with Crippen molar-refractivity contribution >= 4 is 27.8 Å². The minimum atomic E-state index is -0.554. The molecule has 0 N–H and O–H groups in total. The highest BCUT2D eigenvalue weighted by Crippen LogP contribution is 2.64. The van der Waals surface area contributed by atoms with Crippen molar-refractivity contribution in [3.63, 3.8) is 0 Å². The van der Waals surface area contributed by atoms with Gasteiger partial charge in [0.1, 0.15) is 0 Å². The van der Waals surface area contributed by atoms with Crippen LogP contribution in [0, 0.1) is 5.41 Å². The molecule has 15 rings (SSSR count). The summed E-state index contributed by atoms with van der Waals surface area (Å²) in [5, 5.41) is 2.51. The zero-order chi connectivity index (χ0) is 53.3. The van der Waals surface area contributed by atoms with Gasteiger partial charge in [-0.2, -0.15) is 0 Å². The van der Waals surface area contributed by atoms with E-state index in [-0.39, 0.29) is 5.41 Å². The number of anilines is 3. The molecule has 0 heterocycles. The van der Waals surface area contributed by atoms with Crippen molar-refractivity contribution in [3.8, 4) is 55.6 Å². The summed E-state index contributed by atoms with van der Waals surface area (Å²) in [6.07, 6.45) is 10.2. The van der Waals surface area contributed by atoms with Gasteiger partial charge in [-0.15, -0.1) is 0 Å². The summed E-state index contributed by atoms with van der Waals surface area (Å²) in [6.45, 7) is 2.47. The molecule has 3 aliphatic carbocycles. The number of fused-ring (bicyclic) bond motifs is 7. The second-order valence-electron chi connectivity index (χ2n) is 22.2. The minimum Gasteiger partial charge on any atom is -0.310 e. The van der Waals surface area contributed by atoms with Gasteiger partial charge in [-0.1, -0.05) is 274 Å². The van der Waals surface area contributed by atoms with Gasteiger partial charge in [0, 0.05) is 22.5 Å². The Morgan fingerprint density at radius 1 is 0.300 bits per heavy atom. The van der Waals surface area contributed by atoms with Crippen molar-refractivity contribution in [2.45, 2.75) is 24.2 Å². The molecule has 0 saturated carbocycles. The molecule has 0 radical (unpaired) electrons. The molecule has 0 saturated heterocycles. The van der Waals surface area contributed by atoms with E-state index >= 15 is 0 Å². The number of allylic oxidation sites excluding steroid dienone is 4. The Kier molecular flexibility index (Phi) is 11.2. The van der Waals surface area contributed by atoms with Gasteiger partial charge in [0.15, 0.2) is 0 Å². The molecule has 0 spiro atoms. The molecule has 0 aliphatic heterocycles. The quantitative estimate of drug-likeness (QED) is 0.132. The van der Waals surface area contributed by atoms with E-state index in [0.717, 1.165) is 23.5 Å². The first-order valence-corrected chi connectivity index (χ1v) is 28.1. The number of nitrogens with zero attached hydrogens (tertiary/aromatic N) is 1. The lowest BCUT2D eigenvalue weighted by Gasteiger charge is -2.48. The first-order chi connectivity index (χ1) is 39.5.